The van der Waals surface area contributed by atoms with E-state index in [1.54, 1.807) is 0 Å². The van der Waals surface area contributed by atoms with Crippen molar-refractivity contribution in [2.24, 2.45) is 0 Å². The van der Waals surface area contributed by atoms with Crippen LogP contribution in [-0.4, -0.2) is 4.57 Å². The van der Waals surface area contributed by atoms with E-state index in [9.17, 15) is 0 Å². The van der Waals surface area contributed by atoms with E-state index in [1.807, 2.05) is 6.07 Å². The summed E-state index contributed by atoms with van der Waals surface area (Å²) in [4.78, 5) is 2.39. The maximum Gasteiger partial charge on any atom is 0.159 e. The molecule has 1 aliphatic carbocycles. The van der Waals surface area contributed by atoms with E-state index in [2.05, 4.69) is 175 Å². The minimum absolute atomic E-state index is 0.119. The number of para-hydroxylation sites is 4. The van der Waals surface area contributed by atoms with Crippen molar-refractivity contribution in [3.05, 3.63) is 169 Å². The lowest BCUT2D eigenvalue weighted by Crippen LogP contribution is -2.16. The van der Waals surface area contributed by atoms with Gasteiger partial charge in [-0.2, -0.15) is 0 Å². The molecule has 0 unspecified atom stereocenters. The molecule has 10 rings (SSSR count). The van der Waals surface area contributed by atoms with Gasteiger partial charge in [0.05, 0.1) is 16.7 Å². The molecule has 7 aromatic carbocycles. The van der Waals surface area contributed by atoms with Gasteiger partial charge in [0.25, 0.3) is 0 Å². The van der Waals surface area contributed by atoms with Gasteiger partial charge in [0.15, 0.2) is 5.58 Å². The third-order valence-electron chi connectivity index (χ3n) is 10.4. The van der Waals surface area contributed by atoms with Crippen molar-refractivity contribution >= 4 is 60.8 Å². The monoisotopic (exact) mass is 616 g/mol. The smallest absolute Gasteiger partial charge is 0.159 e. The summed E-state index contributed by atoms with van der Waals surface area (Å²) in [6.07, 6.45) is 0. The van der Waals surface area contributed by atoms with Crippen LogP contribution in [0.2, 0.25) is 0 Å². The number of aromatic nitrogens is 1. The van der Waals surface area contributed by atoms with Crippen LogP contribution in [-0.2, 0) is 5.41 Å². The topological polar surface area (TPSA) is 21.3 Å². The first-order valence-electron chi connectivity index (χ1n) is 16.6. The Hall–Kier alpha value is -6.06. The molecular weight excluding hydrogens is 585 g/mol. The normalized spacial score (nSPS) is 13.4. The zero-order valence-corrected chi connectivity index (χ0v) is 26.8. The second-order valence-corrected chi connectivity index (χ2v) is 13.4. The van der Waals surface area contributed by atoms with Gasteiger partial charge in [0, 0.05) is 44.0 Å². The van der Waals surface area contributed by atoms with Crippen molar-refractivity contribution in [3.8, 4) is 16.8 Å². The lowest BCUT2D eigenvalue weighted by atomic mass is 9.82. The molecule has 1 aliphatic rings. The molecule has 0 amide bonds. The minimum atomic E-state index is -0.119. The largest absolute Gasteiger partial charge is 0.454 e. The molecule has 0 saturated heterocycles. The fraction of sp³-hybridized carbons (Fsp3) is 0.0667. The number of anilines is 3. The number of rotatable bonds is 4. The summed E-state index contributed by atoms with van der Waals surface area (Å²) < 4.78 is 9.03. The Morgan fingerprint density at radius 2 is 1.17 bits per heavy atom. The lowest BCUT2D eigenvalue weighted by Gasteiger charge is -2.28. The number of hydrogen-bond acceptors (Lipinski definition) is 2. The van der Waals surface area contributed by atoms with Gasteiger partial charge in [-0.05, 0) is 82.9 Å². The Kier molecular flexibility index (Phi) is 5.63. The van der Waals surface area contributed by atoms with Crippen LogP contribution in [0.15, 0.2) is 162 Å². The Balaban J connectivity index is 1.25. The summed E-state index contributed by atoms with van der Waals surface area (Å²) in [7, 11) is 0. The molecule has 0 spiro atoms. The second kappa shape index (κ2) is 9.97. The zero-order valence-electron chi connectivity index (χ0n) is 26.8. The van der Waals surface area contributed by atoms with Crippen LogP contribution < -0.4 is 4.90 Å². The van der Waals surface area contributed by atoms with Crippen LogP contribution in [0.5, 0.6) is 0 Å². The second-order valence-electron chi connectivity index (χ2n) is 13.4. The molecule has 0 radical (unpaired) electrons. The molecule has 228 valence electrons. The van der Waals surface area contributed by atoms with Crippen LogP contribution >= 0.6 is 0 Å². The fourth-order valence-electron chi connectivity index (χ4n) is 8.12. The third kappa shape index (κ3) is 3.76. The van der Waals surface area contributed by atoms with Crippen molar-refractivity contribution in [1.82, 2.24) is 4.57 Å². The molecule has 0 atom stereocenters. The predicted molar refractivity (Wildman–Crippen MR) is 200 cm³/mol. The molecular formula is C45H32N2O. The van der Waals surface area contributed by atoms with E-state index in [4.69, 9.17) is 4.42 Å². The number of furan rings is 1. The van der Waals surface area contributed by atoms with E-state index < -0.39 is 0 Å². The summed E-state index contributed by atoms with van der Waals surface area (Å²) >= 11 is 0. The summed E-state index contributed by atoms with van der Waals surface area (Å²) in [6, 6.07) is 56.9. The molecule has 0 fully saturated rings. The number of benzene rings is 7. The molecule has 0 bridgehead atoms. The number of nitrogens with zero attached hydrogens (tertiary/aromatic N) is 2. The van der Waals surface area contributed by atoms with Gasteiger partial charge in [0.2, 0.25) is 0 Å². The molecule has 3 nitrogen and oxygen atoms in total. The third-order valence-corrected chi connectivity index (χ3v) is 10.4. The molecule has 0 saturated carbocycles. The van der Waals surface area contributed by atoms with Crippen LogP contribution in [0.25, 0.3) is 60.6 Å². The first kappa shape index (κ1) is 27.1. The van der Waals surface area contributed by atoms with Crippen LogP contribution in [0.1, 0.15) is 25.0 Å². The molecule has 9 aromatic rings. The summed E-state index contributed by atoms with van der Waals surface area (Å²) in [6.45, 7) is 4.69. The molecule has 0 aliphatic heterocycles. The summed E-state index contributed by atoms with van der Waals surface area (Å²) in [5.41, 5.74) is 13.7. The average Bonchev–Trinajstić information content (AvgIpc) is 3.75. The van der Waals surface area contributed by atoms with Gasteiger partial charge < -0.3 is 13.9 Å². The number of fused-ring (bicyclic) bond motifs is 9. The Morgan fingerprint density at radius 3 is 2.06 bits per heavy atom. The van der Waals surface area contributed by atoms with Gasteiger partial charge in [-0.15, -0.1) is 0 Å². The summed E-state index contributed by atoms with van der Waals surface area (Å²) in [5.74, 6) is 0. The van der Waals surface area contributed by atoms with Gasteiger partial charge in [-0.1, -0.05) is 111 Å². The van der Waals surface area contributed by atoms with E-state index in [0.29, 0.717) is 0 Å². The highest BCUT2D eigenvalue weighted by molar-refractivity contribution is 6.13. The molecule has 3 heteroatoms. The Morgan fingerprint density at radius 1 is 0.500 bits per heavy atom. The van der Waals surface area contributed by atoms with Gasteiger partial charge in [-0.3, -0.25) is 0 Å². The van der Waals surface area contributed by atoms with Crippen molar-refractivity contribution < 1.29 is 4.42 Å². The van der Waals surface area contributed by atoms with E-state index in [0.717, 1.165) is 44.7 Å². The number of hydrogen-bond donors (Lipinski definition) is 0. The maximum absolute atomic E-state index is 6.67. The van der Waals surface area contributed by atoms with Gasteiger partial charge in [-0.25, -0.2) is 0 Å². The Labute approximate surface area is 278 Å². The highest BCUT2D eigenvalue weighted by Gasteiger charge is 2.36. The zero-order chi connectivity index (χ0) is 32.0. The van der Waals surface area contributed by atoms with Gasteiger partial charge >= 0.3 is 0 Å². The van der Waals surface area contributed by atoms with Crippen molar-refractivity contribution in [2.75, 3.05) is 4.90 Å². The van der Waals surface area contributed by atoms with Crippen LogP contribution in [0.3, 0.4) is 0 Å². The summed E-state index contributed by atoms with van der Waals surface area (Å²) in [5, 5.41) is 4.68. The molecule has 2 heterocycles. The van der Waals surface area contributed by atoms with E-state index >= 15 is 0 Å². The van der Waals surface area contributed by atoms with E-state index in [-0.39, 0.29) is 5.41 Å². The molecule has 48 heavy (non-hydrogen) atoms. The predicted octanol–water partition coefficient (Wildman–Crippen LogP) is 12.5. The minimum Gasteiger partial charge on any atom is -0.454 e. The SMILES string of the molecule is CC1(C)c2ccccc2-c2ccc(N(c3ccc4c(c3)c3ccccc3n4-c3ccccc3)c3cccc4c3oc3ccccc34)cc21. The fourth-order valence-corrected chi connectivity index (χ4v) is 8.12. The first-order chi connectivity index (χ1) is 23.6. The van der Waals surface area contributed by atoms with Crippen molar-refractivity contribution in [3.63, 3.8) is 0 Å². The van der Waals surface area contributed by atoms with Crippen LogP contribution in [0, 0.1) is 0 Å². The maximum atomic E-state index is 6.67. The van der Waals surface area contributed by atoms with Crippen LogP contribution in [0.4, 0.5) is 17.1 Å². The van der Waals surface area contributed by atoms with Gasteiger partial charge in [0.1, 0.15) is 5.58 Å². The lowest BCUT2D eigenvalue weighted by molar-refractivity contribution is 0.660. The quantitative estimate of drug-likeness (QED) is 0.196. The van der Waals surface area contributed by atoms with Crippen molar-refractivity contribution in [1.29, 1.82) is 0 Å². The average molecular weight is 617 g/mol. The van der Waals surface area contributed by atoms with Crippen molar-refractivity contribution in [2.45, 2.75) is 19.3 Å². The highest BCUT2D eigenvalue weighted by Crippen LogP contribution is 2.51. The molecule has 2 aromatic heterocycles. The molecule has 0 N–H and O–H groups in total. The first-order valence-corrected chi connectivity index (χ1v) is 16.6. The highest BCUT2D eigenvalue weighted by atomic mass is 16.3. The standard InChI is InChI=1S/C45H32N2O/c1-45(2)38-19-9-6-15-32(38)33-25-23-31(28-39(33)45)46(42-21-12-18-36-35-17-8-11-22-43(35)48-44(36)42)30-24-26-41-37(27-30)34-16-7-10-20-40(34)47(41)29-13-4-3-5-14-29/h3-28H,1-2H3. The van der Waals surface area contributed by atoms with E-state index in [1.165, 1.54) is 44.1 Å². The Bertz CT molecular complexity index is 2710.